The number of hydrogen-bond donors (Lipinski definition) is 2. The van der Waals surface area contributed by atoms with E-state index in [0.29, 0.717) is 36.9 Å². The Kier molecular flexibility index (Phi) is 5.98. The van der Waals surface area contributed by atoms with Gasteiger partial charge in [-0.25, -0.2) is 14.6 Å². The second-order valence-corrected chi connectivity index (χ2v) is 8.00. The van der Waals surface area contributed by atoms with Gasteiger partial charge in [0, 0.05) is 40.8 Å². The highest BCUT2D eigenvalue weighted by Gasteiger charge is 2.48. The predicted octanol–water partition coefficient (Wildman–Crippen LogP) is -2.19. The Hall–Kier alpha value is -0.360. The number of rotatable bonds is 11. The van der Waals surface area contributed by atoms with Gasteiger partial charge in [-0.2, -0.15) is 5.01 Å². The third kappa shape index (κ3) is 5.31. The molecule has 25 heavy (non-hydrogen) atoms. The summed E-state index contributed by atoms with van der Waals surface area (Å²) in [6.45, 7) is 5.80. The molecule has 0 aromatic rings. The molecule has 3 rings (SSSR count). The fraction of sp³-hybridized carbons (Fsp3) is 1.00. The van der Waals surface area contributed by atoms with Crippen LogP contribution in [0.15, 0.2) is 0 Å². The predicted molar refractivity (Wildman–Crippen MR) is 92.0 cm³/mol. The highest BCUT2D eigenvalue weighted by atomic mass is 16.6. The topological polar surface area (TPSA) is 78.5 Å². The van der Waals surface area contributed by atoms with Crippen molar-refractivity contribution in [2.24, 2.45) is 0 Å². The van der Waals surface area contributed by atoms with E-state index in [1.54, 1.807) is 0 Å². The molecule has 0 bridgehead atoms. The zero-order chi connectivity index (χ0) is 18.2. The maximum Gasteiger partial charge on any atom is 0.155 e. The fourth-order valence-electron chi connectivity index (χ4n) is 3.61. The molecule has 9 heteroatoms. The zero-order valence-electron chi connectivity index (χ0n) is 15.9. The van der Waals surface area contributed by atoms with Gasteiger partial charge in [-0.15, -0.1) is 0 Å². The molecule has 3 heterocycles. The highest BCUT2D eigenvalue weighted by Crippen LogP contribution is 2.25. The van der Waals surface area contributed by atoms with Crippen LogP contribution >= 0.6 is 0 Å². The van der Waals surface area contributed by atoms with Crippen LogP contribution in [0.3, 0.4) is 0 Å². The average Bonchev–Trinajstić information content (AvgIpc) is 3.38. The number of nitrogens with zero attached hydrogens (tertiary/aromatic N) is 5. The Morgan fingerprint density at radius 2 is 1.48 bits per heavy atom. The minimum atomic E-state index is -0.474. The first kappa shape index (κ1) is 19.4. The molecule has 0 aliphatic carbocycles. The lowest BCUT2D eigenvalue weighted by molar-refractivity contribution is -1.07. The van der Waals surface area contributed by atoms with E-state index in [1.165, 1.54) is 0 Å². The van der Waals surface area contributed by atoms with Crippen molar-refractivity contribution in [1.82, 2.24) is 20.1 Å². The molecule has 0 spiro atoms. The number of quaternary nitrogens is 1. The van der Waals surface area contributed by atoms with E-state index in [9.17, 15) is 10.2 Å². The highest BCUT2D eigenvalue weighted by molar-refractivity contribution is 4.75. The summed E-state index contributed by atoms with van der Waals surface area (Å²) in [4.78, 5) is 0. The molecule has 0 amide bonds. The first-order valence-electron chi connectivity index (χ1n) is 9.12. The molecule has 3 fully saturated rings. The molecule has 0 aromatic heterocycles. The van der Waals surface area contributed by atoms with E-state index in [4.69, 9.17) is 9.47 Å². The monoisotopic (exact) mass is 360 g/mol. The van der Waals surface area contributed by atoms with E-state index < -0.39 is 6.10 Å². The average molecular weight is 360 g/mol. The van der Waals surface area contributed by atoms with Crippen LogP contribution in [0.5, 0.6) is 0 Å². The molecule has 3 aliphatic heterocycles. The number of epoxide rings is 2. The Morgan fingerprint density at radius 3 is 2.00 bits per heavy atom. The van der Waals surface area contributed by atoms with Crippen LogP contribution in [0.2, 0.25) is 0 Å². The first-order valence-corrected chi connectivity index (χ1v) is 9.12. The van der Waals surface area contributed by atoms with Crippen molar-refractivity contribution in [1.29, 1.82) is 0 Å². The summed E-state index contributed by atoms with van der Waals surface area (Å²) in [5.74, 6) is 0. The van der Waals surface area contributed by atoms with Crippen LogP contribution in [0.25, 0.3) is 0 Å². The third-order valence-corrected chi connectivity index (χ3v) is 5.33. The summed E-state index contributed by atoms with van der Waals surface area (Å²) in [5.41, 5.74) is 0. The summed E-state index contributed by atoms with van der Waals surface area (Å²) in [6, 6.07) is 0. The van der Waals surface area contributed by atoms with Crippen molar-refractivity contribution in [2.75, 3.05) is 80.7 Å². The van der Waals surface area contributed by atoms with Crippen LogP contribution < -0.4 is 0 Å². The van der Waals surface area contributed by atoms with Gasteiger partial charge < -0.3 is 19.7 Å². The first-order chi connectivity index (χ1) is 11.8. The van der Waals surface area contributed by atoms with E-state index in [0.717, 1.165) is 26.3 Å². The van der Waals surface area contributed by atoms with Gasteiger partial charge >= 0.3 is 0 Å². The zero-order valence-corrected chi connectivity index (χ0v) is 15.9. The molecule has 3 saturated heterocycles. The Morgan fingerprint density at radius 1 is 0.960 bits per heavy atom. The number of ether oxygens (including phenoxy) is 2. The number of likely N-dealkylation sites (tertiary alicyclic amines) is 1. The molecule has 9 nitrogen and oxygen atoms in total. The molecule has 0 saturated carbocycles. The van der Waals surface area contributed by atoms with E-state index in [2.05, 4.69) is 22.2 Å². The van der Waals surface area contributed by atoms with Crippen molar-refractivity contribution in [3.05, 3.63) is 0 Å². The summed E-state index contributed by atoms with van der Waals surface area (Å²) in [7, 11) is 8.12. The van der Waals surface area contributed by atoms with Gasteiger partial charge in [-0.05, 0) is 0 Å². The minimum Gasteiger partial charge on any atom is -0.390 e. The maximum atomic E-state index is 10.5. The molecule has 3 atom stereocenters. The van der Waals surface area contributed by atoms with Gasteiger partial charge in [0.05, 0.1) is 39.0 Å². The van der Waals surface area contributed by atoms with Crippen molar-refractivity contribution >= 4 is 0 Å². The molecular weight excluding hydrogens is 326 g/mol. The molecule has 0 radical (unpaired) electrons. The second kappa shape index (κ2) is 7.71. The number of aliphatic hydroxyl groups excluding tert-OH is 2. The Bertz CT molecular complexity index is 442. The lowest BCUT2D eigenvalue weighted by Gasteiger charge is -2.53. The van der Waals surface area contributed by atoms with Crippen LogP contribution in [-0.2, 0) is 9.47 Å². The van der Waals surface area contributed by atoms with Crippen molar-refractivity contribution in [3.8, 4) is 0 Å². The molecule has 2 N–H and O–H groups in total. The standard InChI is InChI=1S/C16H34N5O4/c1-17(18(2)7-15-11-24-15)5-13(22)6-19(3)20(8-16-12-25-16)21(4)9-14(23)10-21/h13-16,22-23H,5-12H2,1-4H3/q+1. The van der Waals surface area contributed by atoms with Crippen LogP contribution in [0.4, 0.5) is 0 Å². The number of hydrogen-bond acceptors (Lipinski definition) is 8. The van der Waals surface area contributed by atoms with Gasteiger partial charge in [-0.1, -0.05) is 5.12 Å². The normalized spacial score (nSPS) is 35.5. The van der Waals surface area contributed by atoms with E-state index >= 15 is 0 Å². The van der Waals surface area contributed by atoms with E-state index in [1.807, 2.05) is 26.2 Å². The molecule has 3 unspecified atom stereocenters. The van der Waals surface area contributed by atoms with Gasteiger partial charge in [0.1, 0.15) is 19.2 Å². The summed E-state index contributed by atoms with van der Waals surface area (Å²) < 4.78 is 11.3. The van der Waals surface area contributed by atoms with Crippen molar-refractivity contribution < 1.29 is 24.3 Å². The molecular formula is C16H34N5O4+. The molecule has 146 valence electrons. The SMILES string of the molecule is CN(CC(O)CN(C)N(CC1CO1)[N+]1(C)CC(O)C1)N(C)CC1CO1. The number of hydrazine groups is 2. The lowest BCUT2D eigenvalue weighted by Crippen LogP contribution is -2.75. The Balaban J connectivity index is 1.48. The van der Waals surface area contributed by atoms with Gasteiger partial charge in [-0.3, -0.25) is 0 Å². The van der Waals surface area contributed by atoms with Crippen LogP contribution in [0.1, 0.15) is 0 Å². The fourth-order valence-corrected chi connectivity index (χ4v) is 3.61. The van der Waals surface area contributed by atoms with Gasteiger partial charge in [0.2, 0.25) is 0 Å². The van der Waals surface area contributed by atoms with Gasteiger partial charge in [0.25, 0.3) is 0 Å². The smallest absolute Gasteiger partial charge is 0.155 e. The molecule has 0 aromatic carbocycles. The maximum absolute atomic E-state index is 10.5. The summed E-state index contributed by atoms with van der Waals surface area (Å²) in [5, 5.41) is 28.7. The number of aliphatic hydroxyl groups is 2. The van der Waals surface area contributed by atoms with E-state index in [-0.39, 0.29) is 12.2 Å². The summed E-state index contributed by atoms with van der Waals surface area (Å²) in [6.07, 6.45) is -0.114. The van der Waals surface area contributed by atoms with Crippen molar-refractivity contribution in [2.45, 2.75) is 24.4 Å². The molecule has 3 aliphatic rings. The minimum absolute atomic E-state index is 0.240. The third-order valence-electron chi connectivity index (χ3n) is 5.33. The largest absolute Gasteiger partial charge is 0.390 e. The van der Waals surface area contributed by atoms with Crippen LogP contribution in [-0.4, -0.2) is 140 Å². The van der Waals surface area contributed by atoms with Crippen LogP contribution in [0, 0.1) is 0 Å². The summed E-state index contributed by atoms with van der Waals surface area (Å²) >= 11 is 0. The Labute approximate surface area is 150 Å². The van der Waals surface area contributed by atoms with Gasteiger partial charge in [0.15, 0.2) is 6.10 Å². The van der Waals surface area contributed by atoms with Crippen molar-refractivity contribution in [3.63, 3.8) is 0 Å². The second-order valence-electron chi connectivity index (χ2n) is 8.00. The quantitative estimate of drug-likeness (QED) is 0.244. The number of likely N-dealkylation sites (N-methyl/N-ethyl adjacent to an activating group) is 4. The lowest BCUT2D eigenvalue weighted by atomic mass is 10.1.